The van der Waals surface area contributed by atoms with Crippen LogP contribution in [-0.4, -0.2) is 70.6 Å². The van der Waals surface area contributed by atoms with Gasteiger partial charge in [-0.3, -0.25) is 0 Å². The van der Waals surface area contributed by atoms with Crippen LogP contribution in [-0.2, 0) is 83.4 Å². The molecule has 0 fully saturated rings. The first-order valence-corrected chi connectivity index (χ1v) is 51.5. The highest BCUT2D eigenvalue weighted by atomic mass is 32.2. The van der Waals surface area contributed by atoms with E-state index in [1.54, 1.807) is 12.1 Å². The van der Waals surface area contributed by atoms with Crippen molar-refractivity contribution in [2.75, 3.05) is 13.2 Å². The van der Waals surface area contributed by atoms with Gasteiger partial charge in [-0.2, -0.15) is 13.2 Å². The molecule has 14 nitrogen and oxygen atoms in total. The van der Waals surface area contributed by atoms with Gasteiger partial charge in [0, 0.05) is 0 Å². The van der Waals surface area contributed by atoms with Crippen molar-refractivity contribution in [1.29, 1.82) is 0 Å². The van der Waals surface area contributed by atoms with Crippen molar-refractivity contribution in [3.63, 3.8) is 0 Å². The Morgan fingerprint density at radius 1 is 0.319 bits per heavy atom. The summed E-state index contributed by atoms with van der Waals surface area (Å²) in [5.41, 5.74) is 13.5. The predicted molar refractivity (Wildman–Crippen MR) is 522 cm³/mol. The van der Waals surface area contributed by atoms with Crippen molar-refractivity contribution < 1.29 is 96.5 Å². The predicted octanol–water partition coefficient (Wildman–Crippen LogP) is 28.7. The van der Waals surface area contributed by atoms with Crippen LogP contribution < -0.4 is 9.47 Å². The summed E-state index contributed by atoms with van der Waals surface area (Å²) in [5.74, 6) is -10.5. The van der Waals surface area contributed by atoms with Gasteiger partial charge in [0.15, 0.2) is 33.4 Å². The van der Waals surface area contributed by atoms with Gasteiger partial charge in [0.2, 0.25) is 5.82 Å². The highest BCUT2D eigenvalue weighted by Gasteiger charge is 2.37. The first-order chi connectivity index (χ1) is 63.4. The monoisotopic (exact) mass is 1950 g/mol. The van der Waals surface area contributed by atoms with E-state index in [0.717, 1.165) is 74.4 Å². The van der Waals surface area contributed by atoms with Crippen LogP contribution in [0.2, 0.25) is 0 Å². The molecule has 0 atom stereocenters. The summed E-state index contributed by atoms with van der Waals surface area (Å²) in [5, 5.41) is 0. The first kappa shape index (κ1) is 117. The molecule has 0 amide bonds. The highest BCUT2D eigenvalue weighted by Crippen LogP contribution is 2.36. The average molecular weight is 1950 g/mol. The minimum absolute atomic E-state index is 0.00919. The molecule has 738 valence electrons. The molecule has 0 N–H and O–H groups in total. The van der Waals surface area contributed by atoms with E-state index < -0.39 is 80.0 Å². The van der Waals surface area contributed by atoms with E-state index >= 15 is 0 Å². The molecule has 0 aliphatic heterocycles. The second-order valence-electron chi connectivity index (χ2n) is 35.2. The minimum Gasteiger partial charge on any atom is -0.744 e. The van der Waals surface area contributed by atoms with E-state index in [1.807, 2.05) is 46.8 Å². The molecule has 0 saturated carbocycles. The van der Waals surface area contributed by atoms with Gasteiger partial charge < -0.3 is 27.7 Å². The zero-order valence-corrected chi connectivity index (χ0v) is 83.9. The van der Waals surface area contributed by atoms with Gasteiger partial charge in [-0.15, -0.1) is 0 Å². The van der Waals surface area contributed by atoms with Crippen LogP contribution in [0.15, 0.2) is 263 Å². The van der Waals surface area contributed by atoms with Crippen LogP contribution in [0.4, 0.5) is 35.1 Å². The Labute approximate surface area is 799 Å². The van der Waals surface area contributed by atoms with Crippen molar-refractivity contribution >= 4 is 40.5 Å². The third-order valence-electron chi connectivity index (χ3n) is 22.5. The fourth-order valence-corrected chi connectivity index (χ4v) is 15.7. The summed E-state index contributed by atoms with van der Waals surface area (Å²) in [7, 11) is -20.6. The Morgan fingerprint density at radius 2 is 0.593 bits per heavy atom. The van der Waals surface area contributed by atoms with Crippen LogP contribution in [0.5, 0.6) is 11.5 Å². The smallest absolute Gasteiger partial charge is 0.485 e. The molecule has 0 unspecified atom stereocenters. The maximum atomic E-state index is 12.6. The molecule has 0 bridgehead atoms. The maximum Gasteiger partial charge on any atom is 0.485 e. The lowest BCUT2D eigenvalue weighted by molar-refractivity contribution is -0.0518. The number of benzene rings is 11. The van der Waals surface area contributed by atoms with Gasteiger partial charge in [0.1, 0.15) is 46.7 Å². The Kier molecular flexibility index (Phi) is 50.4. The number of hydrogen-bond acceptors (Lipinski definition) is 14. The Bertz CT molecular complexity index is 5600. The molecule has 0 aromatic heterocycles. The fourth-order valence-electron chi connectivity index (χ4n) is 13.4. The standard InChI is InChI=1S/C25H36O.C23H32.C19H24O.C15H24O3S.C13H12.C7H8O3S.C6HF5O3S.CHF3O3S/c1-3-5-7-9-11-22-12-14-23(15-13-22)21-24-16-18-25(19-17-24)26-20-10-8-6-4-2;1-7-22(3,4)20-13-9-18(10-14-20)17-19-11-15-21(16-12-19)23(5,6)8-2;1-2-3-4-8-15-20-19-13-11-18(12-14-19)16-17-9-6-5-7-10-17;1-9(2)12-7-13(10(3)4)15(19(16,17)18)14(8-12)11(5)6;1-3-7-12(8-4-1)11-13-9-5-2-6-10-13;1-6-2-4-7(5-3-6)11(8,9)10;7-1-2(8)4(10)6(15(12,13)14)5(11)3(1)9;2-1(3,4)8(5,6)7/h12-19H,3-11,20-21H2,1-2H3;9-16H,7-8,17H2,1-6H3;5-7,9-14H,2-4,8,15-16H2,1H3;7-11H,1-6H3,(H,16,17,18);1-10H,11H2;2-5H,1H3,(H,8,9,10);(H,12,13,14);(H,5,6,7)/p-4. The summed E-state index contributed by atoms with van der Waals surface area (Å²) >= 11 is 0. The van der Waals surface area contributed by atoms with Gasteiger partial charge in [-0.05, 0) is 214 Å². The van der Waals surface area contributed by atoms with Gasteiger partial charge in [-0.25, -0.2) is 55.6 Å². The van der Waals surface area contributed by atoms with Crippen LogP contribution in [0.1, 0.15) is 295 Å². The van der Waals surface area contributed by atoms with Gasteiger partial charge in [-0.1, -0.05) is 380 Å². The summed E-state index contributed by atoms with van der Waals surface area (Å²) in [6.45, 7) is 35.8. The molecule has 11 aromatic carbocycles. The van der Waals surface area contributed by atoms with Gasteiger partial charge >= 0.3 is 5.51 Å². The van der Waals surface area contributed by atoms with E-state index in [-0.39, 0.29) is 32.5 Å². The second-order valence-corrected chi connectivity index (χ2v) is 40.6. The first-order valence-electron chi connectivity index (χ1n) is 45.9. The average Bonchev–Trinajstić information content (AvgIpc) is 0.776. The van der Waals surface area contributed by atoms with Gasteiger partial charge in [0.05, 0.1) is 23.0 Å². The Morgan fingerprint density at radius 3 is 0.859 bits per heavy atom. The third-order valence-corrected chi connectivity index (χ3v) is 25.7. The number of unbranched alkanes of at least 4 members (excludes halogenated alkanes) is 9. The van der Waals surface area contributed by atoms with E-state index in [4.69, 9.17) is 22.4 Å². The number of rotatable bonds is 35. The molecular weight excluding hydrogens is 1810 g/mol. The van der Waals surface area contributed by atoms with E-state index in [9.17, 15) is 74.0 Å². The second kappa shape index (κ2) is 58.0. The molecule has 11 rings (SSSR count). The molecule has 0 spiro atoms. The molecule has 0 aliphatic rings. The highest BCUT2D eigenvalue weighted by molar-refractivity contribution is 7.86. The zero-order chi connectivity index (χ0) is 101. The molecule has 26 heteroatoms. The van der Waals surface area contributed by atoms with Crippen molar-refractivity contribution in [2.45, 2.75) is 282 Å². The quantitative estimate of drug-likeness (QED) is 0.00895. The molecular formula is C109H134F8O14S4-4. The van der Waals surface area contributed by atoms with Crippen molar-refractivity contribution in [3.05, 3.63) is 361 Å². The summed E-state index contributed by atoms with van der Waals surface area (Å²) < 4.78 is 229. The minimum atomic E-state index is -6.09. The number of hydrogen-bond donors (Lipinski definition) is 0. The van der Waals surface area contributed by atoms with Crippen LogP contribution in [0, 0.1) is 36.0 Å². The lowest BCUT2D eigenvalue weighted by Crippen LogP contribution is -2.21. The van der Waals surface area contributed by atoms with Crippen LogP contribution in [0.3, 0.4) is 0 Å². The zero-order valence-electron chi connectivity index (χ0n) is 80.6. The number of ether oxygens (including phenoxy) is 2. The fraction of sp³-hybridized carbons (Fsp3) is 0.394. The van der Waals surface area contributed by atoms with Crippen LogP contribution in [0.25, 0.3) is 0 Å². The van der Waals surface area contributed by atoms with E-state index in [2.05, 4.69) is 288 Å². The van der Waals surface area contributed by atoms with Crippen LogP contribution >= 0.6 is 0 Å². The molecule has 0 radical (unpaired) electrons. The van der Waals surface area contributed by atoms with E-state index in [1.165, 1.54) is 157 Å². The van der Waals surface area contributed by atoms with E-state index in [0.29, 0.717) is 17.0 Å². The molecule has 135 heavy (non-hydrogen) atoms. The largest absolute Gasteiger partial charge is 0.744 e. The molecule has 0 aliphatic carbocycles. The molecule has 0 saturated heterocycles. The number of halogens is 8. The summed E-state index contributed by atoms with van der Waals surface area (Å²) in [4.78, 5) is -2.57. The van der Waals surface area contributed by atoms with Crippen molar-refractivity contribution in [3.8, 4) is 11.5 Å². The van der Waals surface area contributed by atoms with Gasteiger partial charge in [0.25, 0.3) is 0 Å². The Hall–Kier alpha value is -9.90. The number of aryl methyl sites for hydroxylation is 2. The normalized spacial score (nSPS) is 11.6. The lowest BCUT2D eigenvalue weighted by Gasteiger charge is -2.24. The lowest BCUT2D eigenvalue weighted by atomic mass is 9.81. The molecule has 0 heterocycles. The Balaban J connectivity index is 0.000000329. The topological polar surface area (TPSA) is 247 Å². The summed E-state index contributed by atoms with van der Waals surface area (Å²) in [6, 6.07) is 85.8. The third kappa shape index (κ3) is 43.1. The number of alkyl halides is 3. The van der Waals surface area contributed by atoms with Crippen molar-refractivity contribution in [1.82, 2.24) is 0 Å². The van der Waals surface area contributed by atoms with Crippen molar-refractivity contribution in [2.24, 2.45) is 0 Å². The molecule has 11 aromatic rings. The maximum absolute atomic E-state index is 12.6. The SMILES string of the molecule is CC(C)c1cc(C(C)C)c(S(=O)(=O)[O-])c(C(C)C)c1.CCC(C)(C)c1ccc(Cc2ccc(C(C)(C)CC)cc2)cc1.CCCCCCOc1ccc(Cc2ccc(CCCCCC)cc2)cc1.CCCCCCOc1ccc(Cc2ccccc2)cc1.Cc1ccc(S(=O)(=O)[O-])cc1.O=S(=O)([O-])C(F)(F)F.O=S(=O)([O-])c1c(F)c(F)c(F)c(F)c1F.c1ccc(Cc2ccccc2)cc1. The summed E-state index contributed by atoms with van der Waals surface area (Å²) in [6.07, 6.45) is 22.9.